The lowest BCUT2D eigenvalue weighted by Gasteiger charge is -2.13. The molecule has 0 fully saturated rings. The number of carbonyl (C=O) groups excluding carboxylic acids is 1. The maximum absolute atomic E-state index is 11.6. The van der Waals surface area contributed by atoms with Gasteiger partial charge in [0.15, 0.2) is 0 Å². The van der Waals surface area contributed by atoms with Crippen LogP contribution in [0.2, 0.25) is 0 Å². The molecule has 100 valence electrons. The Morgan fingerprint density at radius 3 is 2.39 bits per heavy atom. The third kappa shape index (κ3) is 4.88. The molecule has 0 spiro atoms. The van der Waals surface area contributed by atoms with E-state index in [4.69, 9.17) is 5.11 Å². The van der Waals surface area contributed by atoms with Gasteiger partial charge in [-0.15, -0.1) is 0 Å². The number of hydrogen-bond donors (Lipinski definition) is 2. The predicted molar refractivity (Wildman–Crippen MR) is 73.5 cm³/mol. The molecule has 0 aromatic heterocycles. The van der Waals surface area contributed by atoms with E-state index in [1.165, 1.54) is 11.1 Å². The summed E-state index contributed by atoms with van der Waals surface area (Å²) in [5.41, 5.74) is 2.49. The van der Waals surface area contributed by atoms with Crippen molar-refractivity contribution in [3.05, 3.63) is 35.4 Å². The Morgan fingerprint density at radius 1 is 1.28 bits per heavy atom. The predicted octanol–water partition coefficient (Wildman–Crippen LogP) is 2.24. The summed E-state index contributed by atoms with van der Waals surface area (Å²) in [4.78, 5) is 11.6. The van der Waals surface area contributed by atoms with E-state index in [2.05, 4.69) is 36.5 Å². The number of amides is 1. The van der Waals surface area contributed by atoms with Crippen molar-refractivity contribution in [3.63, 3.8) is 0 Å². The fraction of sp³-hybridized carbons (Fsp3) is 0.533. The van der Waals surface area contributed by atoms with Crippen LogP contribution in [-0.4, -0.2) is 23.7 Å². The van der Waals surface area contributed by atoms with Crippen molar-refractivity contribution in [1.82, 2.24) is 5.32 Å². The molecule has 0 aliphatic carbocycles. The Labute approximate surface area is 109 Å². The summed E-state index contributed by atoms with van der Waals surface area (Å²) in [6.45, 7) is 6.15. The molecule has 1 aromatic rings. The van der Waals surface area contributed by atoms with Crippen LogP contribution in [0.15, 0.2) is 24.3 Å². The van der Waals surface area contributed by atoms with Crippen molar-refractivity contribution in [2.75, 3.05) is 6.54 Å². The smallest absolute Gasteiger partial charge is 0.220 e. The van der Waals surface area contributed by atoms with Crippen LogP contribution in [0.25, 0.3) is 0 Å². The van der Waals surface area contributed by atoms with Crippen LogP contribution in [0.3, 0.4) is 0 Å². The van der Waals surface area contributed by atoms with Gasteiger partial charge in [0.2, 0.25) is 5.91 Å². The van der Waals surface area contributed by atoms with Gasteiger partial charge in [-0.05, 0) is 30.4 Å². The molecule has 1 aromatic carbocycles. The Morgan fingerprint density at radius 2 is 1.89 bits per heavy atom. The van der Waals surface area contributed by atoms with Gasteiger partial charge in [-0.25, -0.2) is 0 Å². The van der Waals surface area contributed by atoms with Crippen molar-refractivity contribution in [2.24, 2.45) is 0 Å². The van der Waals surface area contributed by atoms with Crippen LogP contribution in [0.4, 0.5) is 0 Å². The van der Waals surface area contributed by atoms with Crippen molar-refractivity contribution in [1.29, 1.82) is 0 Å². The first-order valence-electron chi connectivity index (χ1n) is 6.56. The van der Waals surface area contributed by atoms with Gasteiger partial charge in [0, 0.05) is 13.0 Å². The molecule has 0 saturated carbocycles. The number of rotatable bonds is 6. The van der Waals surface area contributed by atoms with E-state index in [0.29, 0.717) is 13.0 Å². The van der Waals surface area contributed by atoms with E-state index >= 15 is 0 Å². The number of benzene rings is 1. The Kier molecular flexibility index (Phi) is 5.86. The van der Waals surface area contributed by atoms with Crippen LogP contribution in [-0.2, 0) is 11.2 Å². The highest BCUT2D eigenvalue weighted by Crippen LogP contribution is 2.19. The summed E-state index contributed by atoms with van der Waals surface area (Å²) >= 11 is 0. The third-order valence-electron chi connectivity index (χ3n) is 3.04. The second kappa shape index (κ2) is 7.17. The monoisotopic (exact) mass is 249 g/mol. The lowest BCUT2D eigenvalue weighted by molar-refractivity contribution is -0.121. The molecule has 2 unspecified atom stereocenters. The summed E-state index contributed by atoms with van der Waals surface area (Å²) in [6, 6.07) is 8.40. The number of aliphatic hydroxyl groups is 1. The maximum Gasteiger partial charge on any atom is 0.220 e. The van der Waals surface area contributed by atoms with Gasteiger partial charge < -0.3 is 10.4 Å². The lowest BCUT2D eigenvalue weighted by Crippen LogP contribution is -2.31. The second-order valence-electron chi connectivity index (χ2n) is 4.85. The molecule has 3 nitrogen and oxygen atoms in total. The summed E-state index contributed by atoms with van der Waals surface area (Å²) in [5.74, 6) is 0.188. The van der Waals surface area contributed by atoms with E-state index in [1.807, 2.05) is 6.92 Å². The molecule has 0 saturated heterocycles. The minimum atomic E-state index is -0.493. The highest BCUT2D eigenvalue weighted by Gasteiger charge is 2.11. The molecule has 2 N–H and O–H groups in total. The van der Waals surface area contributed by atoms with Crippen LogP contribution in [0.5, 0.6) is 0 Å². The van der Waals surface area contributed by atoms with Crippen LogP contribution >= 0.6 is 0 Å². The average molecular weight is 249 g/mol. The fourth-order valence-corrected chi connectivity index (χ4v) is 1.81. The zero-order chi connectivity index (χ0) is 13.5. The largest absolute Gasteiger partial charge is 0.392 e. The molecular weight excluding hydrogens is 226 g/mol. The molecule has 0 heterocycles. The normalized spacial score (nSPS) is 14.0. The van der Waals surface area contributed by atoms with E-state index in [1.54, 1.807) is 6.92 Å². The highest BCUT2D eigenvalue weighted by atomic mass is 16.3. The number of aliphatic hydroxyl groups excluding tert-OH is 1. The molecule has 0 radical (unpaired) electrons. The fourth-order valence-electron chi connectivity index (χ4n) is 1.81. The first-order chi connectivity index (χ1) is 8.52. The molecule has 1 rings (SSSR count). The number of hydrogen-bond acceptors (Lipinski definition) is 2. The zero-order valence-corrected chi connectivity index (χ0v) is 11.4. The highest BCUT2D eigenvalue weighted by molar-refractivity contribution is 5.76. The summed E-state index contributed by atoms with van der Waals surface area (Å²) < 4.78 is 0. The van der Waals surface area contributed by atoms with Crippen molar-refractivity contribution in [3.8, 4) is 0 Å². The SMILES string of the molecule is CCc1ccc(C(C)CC(=O)NCC(C)O)cc1. The van der Waals surface area contributed by atoms with E-state index in [9.17, 15) is 4.79 Å². The molecule has 1 amide bonds. The molecule has 0 aliphatic heterocycles. The van der Waals surface area contributed by atoms with Crippen molar-refractivity contribution >= 4 is 5.91 Å². The van der Waals surface area contributed by atoms with Gasteiger partial charge in [0.1, 0.15) is 0 Å². The summed E-state index contributed by atoms with van der Waals surface area (Å²) in [7, 11) is 0. The Bertz CT molecular complexity index is 371. The van der Waals surface area contributed by atoms with Crippen LogP contribution in [0, 0.1) is 0 Å². The Balaban J connectivity index is 2.48. The minimum absolute atomic E-state index is 0.0111. The van der Waals surface area contributed by atoms with Crippen LogP contribution < -0.4 is 5.32 Å². The number of nitrogens with one attached hydrogen (secondary N) is 1. The lowest BCUT2D eigenvalue weighted by atomic mass is 9.96. The zero-order valence-electron chi connectivity index (χ0n) is 11.4. The maximum atomic E-state index is 11.6. The number of aryl methyl sites for hydroxylation is 1. The van der Waals surface area contributed by atoms with Crippen LogP contribution in [0.1, 0.15) is 44.2 Å². The average Bonchev–Trinajstić information content (AvgIpc) is 2.36. The topological polar surface area (TPSA) is 49.3 Å². The Hall–Kier alpha value is -1.35. The van der Waals surface area contributed by atoms with Gasteiger partial charge in [-0.1, -0.05) is 38.1 Å². The van der Waals surface area contributed by atoms with E-state index in [-0.39, 0.29) is 11.8 Å². The van der Waals surface area contributed by atoms with Gasteiger partial charge in [0.05, 0.1) is 6.10 Å². The summed E-state index contributed by atoms with van der Waals surface area (Å²) in [6.07, 6.45) is 0.995. The van der Waals surface area contributed by atoms with Gasteiger partial charge in [0.25, 0.3) is 0 Å². The summed E-state index contributed by atoms with van der Waals surface area (Å²) in [5, 5.41) is 11.8. The van der Waals surface area contributed by atoms with E-state index in [0.717, 1.165) is 6.42 Å². The standard InChI is InChI=1S/C15H23NO2/c1-4-13-5-7-14(8-6-13)11(2)9-15(18)16-10-12(3)17/h5-8,11-12,17H,4,9-10H2,1-3H3,(H,16,18). The van der Waals surface area contributed by atoms with Gasteiger partial charge in [-0.2, -0.15) is 0 Å². The molecule has 0 bridgehead atoms. The third-order valence-corrected chi connectivity index (χ3v) is 3.04. The van der Waals surface area contributed by atoms with Gasteiger partial charge >= 0.3 is 0 Å². The molecule has 3 heteroatoms. The quantitative estimate of drug-likeness (QED) is 0.812. The second-order valence-corrected chi connectivity index (χ2v) is 4.85. The van der Waals surface area contributed by atoms with Crippen molar-refractivity contribution in [2.45, 2.75) is 45.6 Å². The number of carbonyl (C=O) groups is 1. The molecule has 0 aliphatic rings. The molecule has 18 heavy (non-hydrogen) atoms. The van der Waals surface area contributed by atoms with E-state index < -0.39 is 6.10 Å². The van der Waals surface area contributed by atoms with Gasteiger partial charge in [-0.3, -0.25) is 4.79 Å². The van der Waals surface area contributed by atoms with Crippen molar-refractivity contribution < 1.29 is 9.90 Å². The minimum Gasteiger partial charge on any atom is -0.392 e. The molecular formula is C15H23NO2. The first kappa shape index (κ1) is 14.7. The molecule has 2 atom stereocenters. The first-order valence-corrected chi connectivity index (χ1v) is 6.56.